The molecule has 2 rings (SSSR count). The molecule has 116 valence electrons. The zero-order chi connectivity index (χ0) is 15.4. The number of thiophene rings is 1. The van der Waals surface area contributed by atoms with Crippen molar-refractivity contribution in [2.24, 2.45) is 0 Å². The van der Waals surface area contributed by atoms with Crippen LogP contribution >= 0.6 is 11.3 Å². The lowest BCUT2D eigenvalue weighted by molar-refractivity contribution is -0.147. The molecule has 1 aromatic heterocycles. The summed E-state index contributed by atoms with van der Waals surface area (Å²) in [6.45, 7) is 4.98. The highest BCUT2D eigenvalue weighted by Crippen LogP contribution is 2.26. The first-order valence-electron chi connectivity index (χ1n) is 7.31. The minimum absolute atomic E-state index is 0.0644. The van der Waals surface area contributed by atoms with E-state index in [1.807, 2.05) is 6.07 Å². The van der Waals surface area contributed by atoms with Gasteiger partial charge >= 0.3 is 5.97 Å². The van der Waals surface area contributed by atoms with E-state index in [9.17, 15) is 14.7 Å². The van der Waals surface area contributed by atoms with Crippen LogP contribution in [0.2, 0.25) is 0 Å². The highest BCUT2D eigenvalue weighted by molar-refractivity contribution is 7.14. The highest BCUT2D eigenvalue weighted by atomic mass is 32.1. The molecule has 0 radical (unpaired) electrons. The first kappa shape index (κ1) is 16.0. The molecule has 1 aromatic rings. The number of amides is 1. The first-order valence-corrected chi connectivity index (χ1v) is 8.13. The fourth-order valence-electron chi connectivity index (χ4n) is 2.50. The fraction of sp³-hybridized carbons (Fsp3) is 0.600. The van der Waals surface area contributed by atoms with Crippen molar-refractivity contribution in [3.8, 4) is 0 Å². The second kappa shape index (κ2) is 7.04. The summed E-state index contributed by atoms with van der Waals surface area (Å²) in [6.07, 6.45) is 2.90. The molecule has 0 aromatic carbocycles. The van der Waals surface area contributed by atoms with E-state index in [2.05, 4.69) is 13.8 Å². The monoisotopic (exact) mass is 311 g/mol. The van der Waals surface area contributed by atoms with Crippen LogP contribution in [0.15, 0.2) is 6.07 Å². The molecular weight excluding hydrogens is 290 g/mol. The minimum atomic E-state index is -1.01. The van der Waals surface area contributed by atoms with E-state index >= 15 is 0 Å². The third-order valence-corrected chi connectivity index (χ3v) is 4.86. The average molecular weight is 311 g/mol. The maximum Gasteiger partial charge on any atom is 0.328 e. The van der Waals surface area contributed by atoms with Crippen molar-refractivity contribution in [3.05, 3.63) is 21.4 Å². The Labute approximate surface area is 128 Å². The Morgan fingerprint density at radius 3 is 2.86 bits per heavy atom. The largest absolute Gasteiger partial charge is 0.480 e. The lowest BCUT2D eigenvalue weighted by Crippen LogP contribution is -2.52. The third kappa shape index (κ3) is 3.44. The van der Waals surface area contributed by atoms with E-state index < -0.39 is 12.0 Å². The summed E-state index contributed by atoms with van der Waals surface area (Å²) in [4.78, 5) is 27.2. The van der Waals surface area contributed by atoms with Crippen molar-refractivity contribution in [2.75, 3.05) is 19.8 Å². The summed E-state index contributed by atoms with van der Waals surface area (Å²) in [5.41, 5.74) is 1.20. The second-order valence-electron chi connectivity index (χ2n) is 5.09. The van der Waals surface area contributed by atoms with Gasteiger partial charge in [-0.1, -0.05) is 20.3 Å². The number of hydrogen-bond donors (Lipinski definition) is 1. The smallest absolute Gasteiger partial charge is 0.328 e. The summed E-state index contributed by atoms with van der Waals surface area (Å²) >= 11 is 1.50. The molecule has 1 fully saturated rings. The lowest BCUT2D eigenvalue weighted by atomic mass is 10.1. The van der Waals surface area contributed by atoms with E-state index in [4.69, 9.17) is 4.74 Å². The number of carboxylic acid groups (broad SMARTS) is 1. The van der Waals surface area contributed by atoms with Crippen LogP contribution in [0, 0.1) is 0 Å². The number of ether oxygens (including phenoxy) is 1. The average Bonchev–Trinajstić information content (AvgIpc) is 2.90. The van der Waals surface area contributed by atoms with E-state index in [-0.39, 0.29) is 12.5 Å². The van der Waals surface area contributed by atoms with Crippen LogP contribution in [0.1, 0.15) is 40.4 Å². The van der Waals surface area contributed by atoms with Gasteiger partial charge in [-0.15, -0.1) is 11.3 Å². The molecule has 0 unspecified atom stereocenters. The van der Waals surface area contributed by atoms with Gasteiger partial charge in [0.15, 0.2) is 6.04 Å². The van der Waals surface area contributed by atoms with Gasteiger partial charge in [-0.25, -0.2) is 4.79 Å². The van der Waals surface area contributed by atoms with Gasteiger partial charge in [-0.2, -0.15) is 0 Å². The molecule has 2 heterocycles. The number of morpholine rings is 1. The predicted octanol–water partition coefficient (Wildman–Crippen LogP) is 2.19. The van der Waals surface area contributed by atoms with Crippen LogP contribution in [-0.4, -0.2) is 47.7 Å². The van der Waals surface area contributed by atoms with Crippen LogP contribution in [0.4, 0.5) is 0 Å². The molecule has 6 heteroatoms. The number of carbonyl (C=O) groups excluding carboxylic acids is 1. The second-order valence-corrected chi connectivity index (χ2v) is 6.23. The van der Waals surface area contributed by atoms with E-state index in [0.717, 1.165) is 19.3 Å². The molecule has 21 heavy (non-hydrogen) atoms. The van der Waals surface area contributed by atoms with Crippen LogP contribution in [0.25, 0.3) is 0 Å². The number of aliphatic carboxylic acids is 1. The topological polar surface area (TPSA) is 66.8 Å². The van der Waals surface area contributed by atoms with Gasteiger partial charge < -0.3 is 14.7 Å². The number of aryl methyl sites for hydroxylation is 2. The minimum Gasteiger partial charge on any atom is -0.480 e. The molecule has 5 nitrogen and oxygen atoms in total. The molecule has 1 atom stereocenters. The molecule has 0 saturated carbocycles. The van der Waals surface area contributed by atoms with Crippen molar-refractivity contribution in [1.29, 1.82) is 0 Å². The van der Waals surface area contributed by atoms with Crippen molar-refractivity contribution < 1.29 is 19.4 Å². The first-order chi connectivity index (χ1) is 10.1. The summed E-state index contributed by atoms with van der Waals surface area (Å²) in [6, 6.07) is 1.04. The van der Waals surface area contributed by atoms with Crippen LogP contribution < -0.4 is 0 Å². The summed E-state index contributed by atoms with van der Waals surface area (Å²) < 4.78 is 5.18. The lowest BCUT2D eigenvalue weighted by Gasteiger charge is -2.32. The Hall–Kier alpha value is -1.40. The van der Waals surface area contributed by atoms with Gasteiger partial charge in [0.2, 0.25) is 0 Å². The Balaban J connectivity index is 2.23. The predicted molar refractivity (Wildman–Crippen MR) is 81.0 cm³/mol. The molecule has 1 N–H and O–H groups in total. The standard InChI is InChI=1S/C15H21NO4S/c1-3-5-12-10(4-2)8-13(21-12)14(17)16-6-7-20-9-11(16)15(18)19/h8,11H,3-7,9H2,1-2H3,(H,18,19)/t11-/m0/s1. The van der Waals surface area contributed by atoms with Crippen LogP contribution in [0.5, 0.6) is 0 Å². The molecule has 0 spiro atoms. The van der Waals surface area contributed by atoms with Crippen molar-refractivity contribution in [2.45, 2.75) is 39.2 Å². The Morgan fingerprint density at radius 2 is 2.24 bits per heavy atom. The molecular formula is C15H21NO4S. The number of carbonyl (C=O) groups is 2. The van der Waals surface area contributed by atoms with E-state index in [1.165, 1.54) is 26.7 Å². The summed E-state index contributed by atoms with van der Waals surface area (Å²) in [7, 11) is 0. The molecule has 1 saturated heterocycles. The highest BCUT2D eigenvalue weighted by Gasteiger charge is 2.34. The van der Waals surface area contributed by atoms with E-state index in [0.29, 0.717) is 18.0 Å². The number of nitrogens with zero attached hydrogens (tertiary/aromatic N) is 1. The third-order valence-electron chi connectivity index (χ3n) is 3.64. The van der Waals surface area contributed by atoms with Gasteiger partial charge in [-0.3, -0.25) is 4.79 Å². The summed E-state index contributed by atoms with van der Waals surface area (Å²) in [5, 5.41) is 9.22. The fourth-order valence-corrected chi connectivity index (χ4v) is 3.81. The molecule has 0 aliphatic carbocycles. The molecule has 1 aliphatic heterocycles. The van der Waals surface area contributed by atoms with Crippen LogP contribution in [0.3, 0.4) is 0 Å². The maximum atomic E-state index is 12.6. The Morgan fingerprint density at radius 1 is 1.48 bits per heavy atom. The van der Waals surface area contributed by atoms with Gasteiger partial charge in [-0.05, 0) is 24.5 Å². The Bertz CT molecular complexity index is 526. The number of rotatable bonds is 5. The zero-order valence-corrected chi connectivity index (χ0v) is 13.2. The van der Waals surface area contributed by atoms with Crippen molar-refractivity contribution in [1.82, 2.24) is 4.90 Å². The van der Waals surface area contributed by atoms with Crippen molar-refractivity contribution in [3.63, 3.8) is 0 Å². The maximum absolute atomic E-state index is 12.6. The van der Waals surface area contributed by atoms with E-state index in [1.54, 1.807) is 0 Å². The molecule has 1 aliphatic rings. The normalized spacial score (nSPS) is 18.8. The summed E-state index contributed by atoms with van der Waals surface area (Å²) in [5.74, 6) is -1.20. The van der Waals surface area contributed by atoms with Gasteiger partial charge in [0.05, 0.1) is 18.1 Å². The molecule has 1 amide bonds. The number of carboxylic acids is 1. The quantitative estimate of drug-likeness (QED) is 0.905. The Kier molecular flexibility index (Phi) is 5.36. The van der Waals surface area contributed by atoms with Gasteiger partial charge in [0, 0.05) is 11.4 Å². The van der Waals surface area contributed by atoms with Gasteiger partial charge in [0.25, 0.3) is 5.91 Å². The van der Waals surface area contributed by atoms with Crippen molar-refractivity contribution >= 4 is 23.2 Å². The molecule has 0 bridgehead atoms. The van der Waals surface area contributed by atoms with Gasteiger partial charge in [0.1, 0.15) is 0 Å². The zero-order valence-electron chi connectivity index (χ0n) is 12.4. The van der Waals surface area contributed by atoms with Crippen LogP contribution in [-0.2, 0) is 22.4 Å². The SMILES string of the molecule is CCCc1sc(C(=O)N2CCOC[C@H]2C(=O)O)cc1CC. The number of hydrogen-bond acceptors (Lipinski definition) is 4.